The Kier molecular flexibility index (Phi) is 5.90. The van der Waals surface area contributed by atoms with Gasteiger partial charge in [0.25, 0.3) is 0 Å². The molecule has 0 spiro atoms. The second-order valence-corrected chi connectivity index (χ2v) is 8.19. The number of benzene rings is 1. The van der Waals surface area contributed by atoms with Crippen molar-refractivity contribution in [3.63, 3.8) is 0 Å². The van der Waals surface area contributed by atoms with Gasteiger partial charge in [0, 0.05) is 23.1 Å². The second-order valence-electron chi connectivity index (χ2n) is 5.63. The summed E-state index contributed by atoms with van der Waals surface area (Å²) in [6.07, 6.45) is 4.45. The van der Waals surface area contributed by atoms with Gasteiger partial charge in [-0.25, -0.2) is 23.4 Å². The fraction of sp³-hybridized carbons (Fsp3) is 0.235. The number of halogens is 2. The molecule has 3 aromatic rings. The molecule has 0 bridgehead atoms. The highest BCUT2D eigenvalue weighted by molar-refractivity contribution is 8.76. The molecule has 2 heterocycles. The highest BCUT2D eigenvalue weighted by Crippen LogP contribution is 2.43. The third-order valence-electron chi connectivity index (χ3n) is 3.86. The van der Waals surface area contributed by atoms with Crippen LogP contribution in [0.4, 0.5) is 8.78 Å². The minimum absolute atomic E-state index is 0.0102. The first-order chi connectivity index (χ1) is 12.5. The summed E-state index contributed by atoms with van der Waals surface area (Å²) in [4.78, 5) is 8.07. The zero-order valence-electron chi connectivity index (χ0n) is 13.8. The number of pyridine rings is 1. The van der Waals surface area contributed by atoms with Crippen molar-refractivity contribution in [2.75, 3.05) is 0 Å². The van der Waals surface area contributed by atoms with Gasteiger partial charge in [0.05, 0.1) is 6.54 Å². The molecule has 2 aromatic heterocycles. The molecular formula is C17H16F2N4OS2. The van der Waals surface area contributed by atoms with Crippen molar-refractivity contribution in [2.24, 2.45) is 0 Å². The van der Waals surface area contributed by atoms with Gasteiger partial charge in [-0.2, -0.15) is 5.10 Å². The highest BCUT2D eigenvalue weighted by atomic mass is 33.1. The summed E-state index contributed by atoms with van der Waals surface area (Å²) in [7, 11) is 2.72. The van der Waals surface area contributed by atoms with Crippen LogP contribution in [0.15, 0.2) is 60.3 Å². The van der Waals surface area contributed by atoms with Gasteiger partial charge in [0.15, 0.2) is 0 Å². The predicted molar refractivity (Wildman–Crippen MR) is 97.4 cm³/mol. The largest absolute Gasteiger partial charge is 0.382 e. The van der Waals surface area contributed by atoms with E-state index in [4.69, 9.17) is 0 Å². The molecule has 26 heavy (non-hydrogen) atoms. The Hall–Kier alpha value is -1.97. The third kappa shape index (κ3) is 4.22. The van der Waals surface area contributed by atoms with Gasteiger partial charge in [-0.05, 0) is 35.9 Å². The maximum absolute atomic E-state index is 14.4. The van der Waals surface area contributed by atoms with Crippen molar-refractivity contribution >= 4 is 21.6 Å². The Morgan fingerprint density at radius 3 is 2.77 bits per heavy atom. The molecule has 9 heteroatoms. The van der Waals surface area contributed by atoms with Gasteiger partial charge < -0.3 is 5.11 Å². The monoisotopic (exact) mass is 394 g/mol. The molecule has 5 nitrogen and oxygen atoms in total. The normalized spacial score (nSPS) is 14.8. The Labute approximate surface area is 157 Å². The lowest BCUT2D eigenvalue weighted by molar-refractivity contribution is 0.0137. The van der Waals surface area contributed by atoms with Gasteiger partial charge in [0.1, 0.15) is 34.9 Å². The van der Waals surface area contributed by atoms with Crippen LogP contribution < -0.4 is 0 Å². The smallest absolute Gasteiger partial charge is 0.137 e. The molecule has 3 rings (SSSR count). The Bertz CT molecular complexity index is 851. The van der Waals surface area contributed by atoms with Crippen LogP contribution in [-0.4, -0.2) is 30.1 Å². The van der Waals surface area contributed by atoms with E-state index in [2.05, 4.69) is 15.1 Å². The van der Waals surface area contributed by atoms with Crippen LogP contribution in [-0.2, 0) is 12.1 Å². The van der Waals surface area contributed by atoms with Crippen molar-refractivity contribution in [1.82, 2.24) is 19.7 Å². The molecule has 0 amide bonds. The van der Waals surface area contributed by atoms with Crippen LogP contribution in [0, 0.1) is 11.6 Å². The number of hydrogen-bond acceptors (Lipinski definition) is 6. The van der Waals surface area contributed by atoms with Crippen LogP contribution in [0.5, 0.6) is 0 Å². The lowest BCUT2D eigenvalue weighted by Gasteiger charge is -2.34. The standard InChI is InChI=1S/C17H16F2N4OS2/c1-12(25-26-16-4-2-3-7-21-16)17(24,9-23-11-20-10-22-23)14-6-5-13(18)8-15(14)19/h2-8,10-12,24H,9H2,1H3/t12-,17-/m1/s1. The van der Waals surface area contributed by atoms with E-state index in [1.807, 2.05) is 18.2 Å². The lowest BCUT2D eigenvalue weighted by Crippen LogP contribution is -2.41. The van der Waals surface area contributed by atoms with Crippen LogP contribution in [0.1, 0.15) is 12.5 Å². The molecule has 0 saturated heterocycles. The van der Waals surface area contributed by atoms with Gasteiger partial charge in [-0.15, -0.1) is 0 Å². The summed E-state index contributed by atoms with van der Waals surface area (Å²) >= 11 is 0. The molecule has 0 aliphatic rings. The van der Waals surface area contributed by atoms with E-state index in [-0.39, 0.29) is 12.1 Å². The maximum Gasteiger partial charge on any atom is 0.137 e. The Morgan fingerprint density at radius 1 is 1.27 bits per heavy atom. The highest BCUT2D eigenvalue weighted by Gasteiger charge is 2.39. The molecule has 0 aliphatic heterocycles. The molecule has 1 N–H and O–H groups in total. The quantitative estimate of drug-likeness (QED) is 0.617. The molecule has 0 fully saturated rings. The first-order valence-electron chi connectivity index (χ1n) is 7.74. The summed E-state index contributed by atoms with van der Waals surface area (Å²) < 4.78 is 29.2. The fourth-order valence-corrected chi connectivity index (χ4v) is 4.78. The first-order valence-corrected chi connectivity index (χ1v) is 9.95. The number of aromatic nitrogens is 4. The van der Waals surface area contributed by atoms with Crippen molar-refractivity contribution in [3.05, 3.63) is 72.4 Å². The predicted octanol–water partition coefficient (Wildman–Crippen LogP) is 3.67. The minimum Gasteiger partial charge on any atom is -0.382 e. The molecule has 0 aliphatic carbocycles. The summed E-state index contributed by atoms with van der Waals surface area (Å²) in [5, 5.41) is 15.7. The van der Waals surface area contributed by atoms with E-state index in [0.29, 0.717) is 0 Å². The van der Waals surface area contributed by atoms with Crippen molar-refractivity contribution < 1.29 is 13.9 Å². The van der Waals surface area contributed by atoms with E-state index in [9.17, 15) is 13.9 Å². The molecule has 1 aromatic carbocycles. The first kappa shape index (κ1) is 18.8. The van der Waals surface area contributed by atoms with E-state index in [1.165, 1.54) is 45.0 Å². The summed E-state index contributed by atoms with van der Waals surface area (Å²) in [6.45, 7) is 1.76. The van der Waals surface area contributed by atoms with E-state index < -0.39 is 22.5 Å². The van der Waals surface area contributed by atoms with Crippen LogP contribution in [0.25, 0.3) is 0 Å². The number of nitrogens with zero attached hydrogens (tertiary/aromatic N) is 4. The number of aliphatic hydroxyl groups is 1. The van der Waals surface area contributed by atoms with Gasteiger partial charge in [-0.1, -0.05) is 22.9 Å². The van der Waals surface area contributed by atoms with E-state index in [0.717, 1.165) is 17.2 Å². The summed E-state index contributed by atoms with van der Waals surface area (Å²) in [5.41, 5.74) is -1.62. The zero-order chi connectivity index (χ0) is 18.6. The molecule has 0 unspecified atom stereocenters. The van der Waals surface area contributed by atoms with Crippen LogP contribution in [0.3, 0.4) is 0 Å². The molecule has 136 valence electrons. The Balaban J connectivity index is 1.88. The third-order valence-corrected chi connectivity index (χ3v) is 6.71. The van der Waals surface area contributed by atoms with Gasteiger partial charge in [0.2, 0.25) is 0 Å². The fourth-order valence-electron chi connectivity index (χ4n) is 2.43. The van der Waals surface area contributed by atoms with Crippen molar-refractivity contribution in [2.45, 2.75) is 29.3 Å². The average molecular weight is 394 g/mol. The van der Waals surface area contributed by atoms with Gasteiger partial charge in [-0.3, -0.25) is 0 Å². The molecule has 0 radical (unpaired) electrons. The van der Waals surface area contributed by atoms with Crippen LogP contribution >= 0.6 is 21.6 Å². The Morgan fingerprint density at radius 2 is 2.12 bits per heavy atom. The van der Waals surface area contributed by atoms with Crippen molar-refractivity contribution in [3.8, 4) is 0 Å². The van der Waals surface area contributed by atoms with E-state index >= 15 is 0 Å². The SMILES string of the molecule is C[C@@H](SSc1ccccn1)[C@](O)(Cn1cncn1)c1ccc(F)cc1F. The zero-order valence-corrected chi connectivity index (χ0v) is 15.4. The molecule has 2 atom stereocenters. The second kappa shape index (κ2) is 8.15. The topological polar surface area (TPSA) is 63.8 Å². The summed E-state index contributed by atoms with van der Waals surface area (Å²) in [6, 6.07) is 8.69. The number of hydrogen-bond donors (Lipinski definition) is 1. The minimum atomic E-state index is -1.63. The average Bonchev–Trinajstić information content (AvgIpc) is 3.13. The van der Waals surface area contributed by atoms with Gasteiger partial charge >= 0.3 is 0 Å². The number of rotatable bonds is 7. The molecular weight excluding hydrogens is 378 g/mol. The lowest BCUT2D eigenvalue weighted by atomic mass is 9.90. The summed E-state index contributed by atoms with van der Waals surface area (Å²) in [5.74, 6) is -1.50. The molecule has 0 saturated carbocycles. The van der Waals surface area contributed by atoms with Crippen molar-refractivity contribution in [1.29, 1.82) is 0 Å². The van der Waals surface area contributed by atoms with E-state index in [1.54, 1.807) is 13.1 Å². The maximum atomic E-state index is 14.4. The van der Waals surface area contributed by atoms with Crippen LogP contribution in [0.2, 0.25) is 0 Å².